The van der Waals surface area contributed by atoms with Crippen LogP contribution in [-0.4, -0.2) is 18.9 Å². The molecule has 5 nitrogen and oxygen atoms in total. The van der Waals surface area contributed by atoms with Crippen LogP contribution in [0.3, 0.4) is 0 Å². The summed E-state index contributed by atoms with van der Waals surface area (Å²) in [6, 6.07) is 11.0. The third-order valence-corrected chi connectivity index (χ3v) is 4.39. The first-order chi connectivity index (χ1) is 12.7. The second-order valence-corrected chi connectivity index (χ2v) is 6.30. The minimum absolute atomic E-state index is 0.00437. The summed E-state index contributed by atoms with van der Waals surface area (Å²) in [5.41, 5.74) is -1.68. The minimum Gasteiger partial charge on any atom is -0.497 e. The van der Waals surface area contributed by atoms with Gasteiger partial charge in [-0.15, -0.1) is 0 Å². The zero-order valence-electron chi connectivity index (χ0n) is 14.4. The first-order valence-electron chi connectivity index (χ1n) is 8.19. The van der Waals surface area contributed by atoms with E-state index in [1.165, 1.54) is 19.2 Å². The SMILES string of the molecule is COc1cccc(NC(=O)C2(C(=O)Nc3cccc(C(F)(F)F)c3)CC2)c1. The van der Waals surface area contributed by atoms with Crippen LogP contribution in [0.4, 0.5) is 24.5 Å². The molecule has 2 aromatic rings. The molecule has 0 saturated heterocycles. The van der Waals surface area contributed by atoms with E-state index >= 15 is 0 Å². The fraction of sp³-hybridized carbons (Fsp3) is 0.263. The monoisotopic (exact) mass is 378 g/mol. The predicted octanol–water partition coefficient (Wildman–Crippen LogP) is 4.07. The van der Waals surface area contributed by atoms with Gasteiger partial charge in [-0.3, -0.25) is 9.59 Å². The molecule has 1 fully saturated rings. The Morgan fingerprint density at radius 1 is 0.963 bits per heavy atom. The lowest BCUT2D eigenvalue weighted by Gasteiger charge is -2.16. The Morgan fingerprint density at radius 2 is 1.52 bits per heavy atom. The van der Waals surface area contributed by atoms with Gasteiger partial charge >= 0.3 is 6.18 Å². The maximum absolute atomic E-state index is 12.8. The van der Waals surface area contributed by atoms with Crippen molar-refractivity contribution in [3.05, 3.63) is 54.1 Å². The number of anilines is 2. The van der Waals surface area contributed by atoms with Crippen LogP contribution in [0.25, 0.3) is 0 Å². The Morgan fingerprint density at radius 3 is 2.04 bits per heavy atom. The van der Waals surface area contributed by atoms with Gasteiger partial charge in [-0.2, -0.15) is 13.2 Å². The summed E-state index contributed by atoms with van der Waals surface area (Å²) in [5, 5.41) is 5.08. The summed E-state index contributed by atoms with van der Waals surface area (Å²) >= 11 is 0. The van der Waals surface area contributed by atoms with E-state index in [1.807, 2.05) is 0 Å². The molecule has 142 valence electrons. The van der Waals surface area contributed by atoms with E-state index in [9.17, 15) is 22.8 Å². The number of carbonyl (C=O) groups excluding carboxylic acids is 2. The van der Waals surface area contributed by atoms with Crippen molar-refractivity contribution in [2.45, 2.75) is 19.0 Å². The number of ether oxygens (including phenoxy) is 1. The van der Waals surface area contributed by atoms with Gasteiger partial charge in [0.15, 0.2) is 0 Å². The molecule has 0 heterocycles. The highest BCUT2D eigenvalue weighted by Gasteiger charge is 2.56. The topological polar surface area (TPSA) is 67.4 Å². The highest BCUT2D eigenvalue weighted by molar-refractivity contribution is 6.16. The number of alkyl halides is 3. The molecule has 0 spiro atoms. The average molecular weight is 378 g/mol. The molecule has 2 N–H and O–H groups in total. The molecule has 1 aliphatic rings. The normalized spacial score (nSPS) is 15.0. The number of hydrogen-bond acceptors (Lipinski definition) is 3. The standard InChI is InChI=1S/C19H17F3N2O3/c1-27-15-7-3-6-14(11-15)24-17(26)18(8-9-18)16(25)23-13-5-2-4-12(10-13)19(20,21)22/h2-7,10-11H,8-9H2,1H3,(H,23,25)(H,24,26). The van der Waals surface area contributed by atoms with Crippen molar-refractivity contribution in [3.63, 3.8) is 0 Å². The molecule has 2 amide bonds. The Balaban J connectivity index is 1.71. The Bertz CT molecular complexity index is 876. The second-order valence-electron chi connectivity index (χ2n) is 6.30. The smallest absolute Gasteiger partial charge is 0.416 e. The van der Waals surface area contributed by atoms with Crippen LogP contribution in [0, 0.1) is 5.41 Å². The molecule has 1 aliphatic carbocycles. The van der Waals surface area contributed by atoms with Gasteiger partial charge in [-0.25, -0.2) is 0 Å². The molecular formula is C19H17F3N2O3. The van der Waals surface area contributed by atoms with E-state index < -0.39 is 29.0 Å². The lowest BCUT2D eigenvalue weighted by Crippen LogP contribution is -2.35. The Hall–Kier alpha value is -3.03. The van der Waals surface area contributed by atoms with Crippen molar-refractivity contribution in [1.29, 1.82) is 0 Å². The Kier molecular flexibility index (Phi) is 4.82. The van der Waals surface area contributed by atoms with E-state index in [1.54, 1.807) is 24.3 Å². The highest BCUT2D eigenvalue weighted by Crippen LogP contribution is 2.47. The molecule has 3 rings (SSSR count). The molecule has 1 saturated carbocycles. The number of amides is 2. The van der Waals surface area contributed by atoms with Gasteiger partial charge in [0, 0.05) is 17.4 Å². The third kappa shape index (κ3) is 4.05. The first-order valence-corrected chi connectivity index (χ1v) is 8.19. The molecule has 0 unspecified atom stereocenters. The third-order valence-electron chi connectivity index (χ3n) is 4.39. The molecule has 27 heavy (non-hydrogen) atoms. The van der Waals surface area contributed by atoms with Gasteiger partial charge in [-0.1, -0.05) is 12.1 Å². The van der Waals surface area contributed by atoms with Crippen LogP contribution in [-0.2, 0) is 15.8 Å². The van der Waals surface area contributed by atoms with E-state index in [0.717, 1.165) is 12.1 Å². The van der Waals surface area contributed by atoms with E-state index in [0.29, 0.717) is 24.3 Å². The van der Waals surface area contributed by atoms with Crippen LogP contribution in [0.2, 0.25) is 0 Å². The maximum atomic E-state index is 12.8. The average Bonchev–Trinajstić information content (AvgIpc) is 3.43. The van der Waals surface area contributed by atoms with Crippen molar-refractivity contribution in [2.75, 3.05) is 17.7 Å². The van der Waals surface area contributed by atoms with Crippen molar-refractivity contribution < 1.29 is 27.5 Å². The van der Waals surface area contributed by atoms with Crippen LogP contribution in [0.15, 0.2) is 48.5 Å². The number of rotatable bonds is 5. The molecule has 0 atom stereocenters. The number of halogens is 3. The zero-order chi connectivity index (χ0) is 19.7. The number of hydrogen-bond donors (Lipinski definition) is 2. The summed E-state index contributed by atoms with van der Waals surface area (Å²) in [6.07, 6.45) is -3.86. The van der Waals surface area contributed by atoms with Gasteiger partial charge in [0.1, 0.15) is 11.2 Å². The molecule has 0 aromatic heterocycles. The molecule has 0 radical (unpaired) electrons. The lowest BCUT2D eigenvalue weighted by molar-refractivity contribution is -0.137. The number of methoxy groups -OCH3 is 1. The van der Waals surface area contributed by atoms with Crippen LogP contribution in [0.5, 0.6) is 5.75 Å². The van der Waals surface area contributed by atoms with Crippen molar-refractivity contribution in [1.82, 2.24) is 0 Å². The maximum Gasteiger partial charge on any atom is 0.416 e. The second kappa shape index (κ2) is 6.94. The quantitative estimate of drug-likeness (QED) is 0.771. The molecule has 0 aliphatic heterocycles. The summed E-state index contributed by atoms with van der Waals surface area (Å²) in [7, 11) is 1.49. The molecule has 2 aromatic carbocycles. The van der Waals surface area contributed by atoms with E-state index in [2.05, 4.69) is 10.6 Å². The highest BCUT2D eigenvalue weighted by atomic mass is 19.4. The number of nitrogens with one attached hydrogen (secondary N) is 2. The lowest BCUT2D eigenvalue weighted by atomic mass is 10.0. The number of carbonyl (C=O) groups is 2. The van der Waals surface area contributed by atoms with Gasteiger partial charge in [0.25, 0.3) is 0 Å². The summed E-state index contributed by atoms with van der Waals surface area (Å²) in [4.78, 5) is 25.1. The first kappa shape index (κ1) is 18.8. The van der Waals surface area contributed by atoms with Crippen LogP contribution in [0.1, 0.15) is 18.4 Å². The fourth-order valence-corrected chi connectivity index (χ4v) is 2.66. The fourth-order valence-electron chi connectivity index (χ4n) is 2.66. The van der Waals surface area contributed by atoms with E-state index in [-0.39, 0.29) is 5.69 Å². The molecule has 8 heteroatoms. The largest absolute Gasteiger partial charge is 0.497 e. The summed E-state index contributed by atoms with van der Waals surface area (Å²) in [6.45, 7) is 0. The summed E-state index contributed by atoms with van der Waals surface area (Å²) in [5.74, 6) is -0.575. The van der Waals surface area contributed by atoms with Crippen LogP contribution < -0.4 is 15.4 Å². The van der Waals surface area contributed by atoms with Gasteiger partial charge in [0.2, 0.25) is 11.8 Å². The number of benzene rings is 2. The van der Waals surface area contributed by atoms with E-state index in [4.69, 9.17) is 4.74 Å². The molecular weight excluding hydrogens is 361 g/mol. The minimum atomic E-state index is -4.51. The van der Waals surface area contributed by atoms with Crippen molar-refractivity contribution >= 4 is 23.2 Å². The molecule has 0 bridgehead atoms. The predicted molar refractivity (Wildman–Crippen MR) is 93.4 cm³/mol. The van der Waals surface area contributed by atoms with Crippen molar-refractivity contribution in [3.8, 4) is 5.75 Å². The summed E-state index contributed by atoms with van der Waals surface area (Å²) < 4.78 is 43.5. The van der Waals surface area contributed by atoms with Crippen molar-refractivity contribution in [2.24, 2.45) is 5.41 Å². The Labute approximate surface area is 153 Å². The van der Waals surface area contributed by atoms with Gasteiger partial charge < -0.3 is 15.4 Å². The van der Waals surface area contributed by atoms with Gasteiger partial charge in [-0.05, 0) is 43.2 Å². The van der Waals surface area contributed by atoms with Crippen LogP contribution >= 0.6 is 0 Å². The zero-order valence-corrected chi connectivity index (χ0v) is 14.4. The van der Waals surface area contributed by atoms with Gasteiger partial charge in [0.05, 0.1) is 12.7 Å².